The van der Waals surface area contributed by atoms with E-state index < -0.39 is 0 Å². The molecule has 0 N–H and O–H groups in total. The molecular formula is C24H40W. The average Bonchev–Trinajstić information content (AvgIpc) is 2.72. The van der Waals surface area contributed by atoms with Gasteiger partial charge in [-0.1, -0.05) is 81.1 Å². The van der Waals surface area contributed by atoms with Crippen molar-refractivity contribution in [3.8, 4) is 11.1 Å². The summed E-state index contributed by atoms with van der Waals surface area (Å²) >= 11 is 0. The molecule has 0 aliphatic carbocycles. The van der Waals surface area contributed by atoms with Gasteiger partial charge in [-0.3, -0.25) is 0 Å². The van der Waals surface area contributed by atoms with Crippen LogP contribution < -0.4 is 0 Å². The van der Waals surface area contributed by atoms with Gasteiger partial charge in [0.05, 0.1) is 0 Å². The van der Waals surface area contributed by atoms with Crippen LogP contribution in [0.2, 0.25) is 0 Å². The maximum Gasteiger partial charge on any atom is 2.00 e. The van der Waals surface area contributed by atoms with E-state index in [2.05, 4.69) is 39.8 Å². The van der Waals surface area contributed by atoms with E-state index in [1.807, 2.05) is 76.2 Å². The van der Waals surface area contributed by atoms with Crippen LogP contribution in [0.4, 0.5) is 0 Å². The van der Waals surface area contributed by atoms with Gasteiger partial charge in [0.2, 0.25) is 0 Å². The van der Waals surface area contributed by atoms with Crippen LogP contribution in [0.3, 0.4) is 0 Å². The molecule has 0 aliphatic rings. The predicted molar refractivity (Wildman–Crippen MR) is 113 cm³/mol. The Labute approximate surface area is 173 Å². The number of rotatable bonds is 3. The summed E-state index contributed by atoms with van der Waals surface area (Å²) in [5.74, 6) is 0. The Morgan fingerprint density at radius 1 is 0.560 bits per heavy atom. The second-order valence-electron chi connectivity index (χ2n) is 4.55. The number of unbranched alkanes of at least 4 members (excludes halogenated alkanes) is 2. The van der Waals surface area contributed by atoms with Crippen molar-refractivity contribution in [2.45, 2.75) is 81.1 Å². The number of benzene rings is 2. The molecule has 2 aromatic rings. The fourth-order valence-electron chi connectivity index (χ4n) is 1.12. The Hall–Kier alpha value is -0.872. The van der Waals surface area contributed by atoms with E-state index in [9.17, 15) is 0 Å². The first-order valence-electron chi connectivity index (χ1n) is 9.73. The summed E-state index contributed by atoms with van der Waals surface area (Å²) < 4.78 is 0. The molecule has 1 heteroatoms. The summed E-state index contributed by atoms with van der Waals surface area (Å²) in [5.41, 5.74) is 2.19. The quantitative estimate of drug-likeness (QED) is 0.361. The smallest absolute Gasteiger partial charge is 0.226 e. The molecule has 25 heavy (non-hydrogen) atoms. The standard InChI is InChI=1S/C12H8.2C4H10.2C2H6.W/c1-3-7-11(8-4-1)12-9-5-2-6-10-12;2*1-3-4-2;2*1-2;/h1-7,9H;2*3-4H2,1-2H3;2*1-2H3;/q-2;;;;;+2. The first-order chi connectivity index (χ1) is 11.8. The molecule has 0 radical (unpaired) electrons. The van der Waals surface area contributed by atoms with Crippen LogP contribution in [-0.4, -0.2) is 0 Å². The molecule has 0 unspecified atom stereocenters. The molecule has 0 saturated carbocycles. The van der Waals surface area contributed by atoms with Gasteiger partial charge in [0, 0.05) is 0 Å². The summed E-state index contributed by atoms with van der Waals surface area (Å²) in [6.45, 7) is 16.7. The fraction of sp³-hybridized carbons (Fsp3) is 0.500. The van der Waals surface area contributed by atoms with E-state index in [1.165, 1.54) is 25.7 Å². The van der Waals surface area contributed by atoms with E-state index in [1.54, 1.807) is 0 Å². The second kappa shape index (κ2) is 31.0. The Balaban J connectivity index is -0.000000144. The average molecular weight is 512 g/mol. The van der Waals surface area contributed by atoms with Gasteiger partial charge in [0.25, 0.3) is 0 Å². The third-order valence-corrected chi connectivity index (χ3v) is 2.71. The molecular weight excluding hydrogens is 472 g/mol. The molecule has 0 atom stereocenters. The minimum Gasteiger partial charge on any atom is -0.226 e. The molecule has 0 fully saturated rings. The summed E-state index contributed by atoms with van der Waals surface area (Å²) in [6.07, 6.45) is 5.28. The molecule has 2 rings (SSSR count). The van der Waals surface area contributed by atoms with Gasteiger partial charge in [0.15, 0.2) is 0 Å². The summed E-state index contributed by atoms with van der Waals surface area (Å²) in [4.78, 5) is 0. The third-order valence-electron chi connectivity index (χ3n) is 2.71. The Bertz CT molecular complexity index is 349. The van der Waals surface area contributed by atoms with E-state index in [4.69, 9.17) is 0 Å². The van der Waals surface area contributed by atoms with Crippen molar-refractivity contribution in [1.82, 2.24) is 0 Å². The van der Waals surface area contributed by atoms with Crippen molar-refractivity contribution in [3.05, 3.63) is 60.7 Å². The van der Waals surface area contributed by atoms with Crippen molar-refractivity contribution in [2.75, 3.05) is 0 Å². The fourth-order valence-corrected chi connectivity index (χ4v) is 1.12. The van der Waals surface area contributed by atoms with E-state index in [0.717, 1.165) is 11.1 Å². The molecule has 2 aromatic carbocycles. The van der Waals surface area contributed by atoms with E-state index >= 15 is 0 Å². The zero-order valence-electron chi connectivity index (χ0n) is 17.9. The van der Waals surface area contributed by atoms with Gasteiger partial charge >= 0.3 is 21.1 Å². The van der Waals surface area contributed by atoms with Crippen molar-refractivity contribution < 1.29 is 21.1 Å². The monoisotopic (exact) mass is 512 g/mol. The third kappa shape index (κ3) is 23.1. The normalized spacial score (nSPS) is 7.52. The molecule has 142 valence electrons. The summed E-state index contributed by atoms with van der Waals surface area (Å²) in [7, 11) is 0. The molecule has 0 nitrogen and oxygen atoms in total. The van der Waals surface area contributed by atoms with Gasteiger partial charge in [-0.05, 0) is 0 Å². The molecule has 0 amide bonds. The molecule has 0 saturated heterocycles. The van der Waals surface area contributed by atoms with Crippen LogP contribution in [-0.2, 0) is 21.1 Å². The first kappa shape index (κ1) is 31.9. The van der Waals surface area contributed by atoms with Crippen molar-refractivity contribution in [2.24, 2.45) is 0 Å². The Morgan fingerprint density at radius 3 is 1.00 bits per heavy atom. The Morgan fingerprint density at radius 2 is 0.840 bits per heavy atom. The van der Waals surface area contributed by atoms with Gasteiger partial charge in [0.1, 0.15) is 0 Å². The van der Waals surface area contributed by atoms with Gasteiger partial charge in [-0.25, -0.2) is 11.1 Å². The minimum absolute atomic E-state index is 0. The van der Waals surface area contributed by atoms with E-state index in [-0.39, 0.29) is 21.1 Å². The van der Waals surface area contributed by atoms with Crippen LogP contribution in [0.25, 0.3) is 11.1 Å². The summed E-state index contributed by atoms with van der Waals surface area (Å²) in [5, 5.41) is 0. The predicted octanol–water partition coefficient (Wildman–Crippen LogP) is 8.62. The van der Waals surface area contributed by atoms with Crippen LogP contribution in [0, 0.1) is 12.1 Å². The number of hydrogen-bond donors (Lipinski definition) is 0. The Kier molecular flexibility index (Phi) is 39.4. The zero-order chi connectivity index (χ0) is 19.1. The van der Waals surface area contributed by atoms with Crippen LogP contribution in [0.5, 0.6) is 0 Å². The SMILES string of the molecule is CC.CC.CCCC.CCCC.[W+2].[c-]1ccccc1-c1[c-]cccc1. The van der Waals surface area contributed by atoms with Crippen molar-refractivity contribution >= 4 is 0 Å². The molecule has 0 aromatic heterocycles. The molecule has 0 spiro atoms. The topological polar surface area (TPSA) is 0 Å². The van der Waals surface area contributed by atoms with Crippen molar-refractivity contribution in [3.63, 3.8) is 0 Å². The van der Waals surface area contributed by atoms with Gasteiger partial charge < -0.3 is 0 Å². The first-order valence-corrected chi connectivity index (χ1v) is 9.73. The number of hydrogen-bond acceptors (Lipinski definition) is 0. The molecule has 0 heterocycles. The summed E-state index contributed by atoms with van der Waals surface area (Å²) in [6, 6.07) is 22.1. The molecule has 0 bridgehead atoms. The van der Waals surface area contributed by atoms with Crippen LogP contribution >= 0.6 is 0 Å². The van der Waals surface area contributed by atoms with Gasteiger partial charge in [-0.2, -0.15) is 48.5 Å². The van der Waals surface area contributed by atoms with Crippen LogP contribution in [0.15, 0.2) is 48.5 Å². The zero-order valence-corrected chi connectivity index (χ0v) is 20.8. The van der Waals surface area contributed by atoms with Crippen LogP contribution in [0.1, 0.15) is 81.1 Å². The molecule has 0 aliphatic heterocycles. The maximum absolute atomic E-state index is 3.15. The largest absolute Gasteiger partial charge is 2.00 e. The maximum atomic E-state index is 3.15. The van der Waals surface area contributed by atoms with E-state index in [0.29, 0.717) is 0 Å². The minimum atomic E-state index is 0. The van der Waals surface area contributed by atoms with Crippen molar-refractivity contribution in [1.29, 1.82) is 0 Å². The second-order valence-corrected chi connectivity index (χ2v) is 4.55. The van der Waals surface area contributed by atoms with Gasteiger partial charge in [-0.15, -0.1) is 12.1 Å².